The molecule has 0 N–H and O–H groups in total. The van der Waals surface area contributed by atoms with Crippen LogP contribution in [0.1, 0.15) is 5.56 Å². The largest absolute Gasteiger partial charge is 0.420 e. The average Bonchev–Trinajstić information content (AvgIpc) is 2.54. The highest BCUT2D eigenvalue weighted by molar-refractivity contribution is 7.01. The molecule has 0 heterocycles. The fourth-order valence-electron chi connectivity index (χ4n) is 3.43. The maximum absolute atomic E-state index is 6.05. The van der Waals surface area contributed by atoms with Crippen LogP contribution in [0.3, 0.4) is 0 Å². The van der Waals surface area contributed by atoms with Crippen molar-refractivity contribution in [3.63, 3.8) is 0 Å². The molecular weight excluding hydrogens is 300 g/mol. The molecular formula is C19H28OSi2. The minimum Gasteiger partial charge on any atom is -0.420 e. The predicted molar refractivity (Wildman–Crippen MR) is 102 cm³/mol. The van der Waals surface area contributed by atoms with E-state index in [9.17, 15) is 0 Å². The van der Waals surface area contributed by atoms with Gasteiger partial charge in [0.2, 0.25) is 0 Å². The van der Waals surface area contributed by atoms with Gasteiger partial charge in [-0.25, -0.2) is 0 Å². The van der Waals surface area contributed by atoms with Crippen molar-refractivity contribution in [2.24, 2.45) is 0 Å². The Morgan fingerprint density at radius 1 is 0.818 bits per heavy atom. The summed E-state index contributed by atoms with van der Waals surface area (Å²) in [4.78, 5) is 0. The van der Waals surface area contributed by atoms with Gasteiger partial charge in [0, 0.05) is 7.11 Å². The van der Waals surface area contributed by atoms with Gasteiger partial charge in [0.1, 0.15) is 0 Å². The van der Waals surface area contributed by atoms with Crippen LogP contribution in [0.5, 0.6) is 0 Å². The monoisotopic (exact) mass is 328 g/mol. The summed E-state index contributed by atoms with van der Waals surface area (Å²) >= 11 is 0. The second kappa shape index (κ2) is 6.94. The first-order valence-electron chi connectivity index (χ1n) is 8.02. The van der Waals surface area contributed by atoms with E-state index in [0.29, 0.717) is 5.16 Å². The topological polar surface area (TPSA) is 9.23 Å². The fraction of sp³-hybridized carbons (Fsp3) is 0.368. The summed E-state index contributed by atoms with van der Waals surface area (Å²) in [6.45, 7) is 9.75. The van der Waals surface area contributed by atoms with Gasteiger partial charge in [-0.15, -0.1) is 0 Å². The van der Waals surface area contributed by atoms with Crippen LogP contribution in [-0.4, -0.2) is 23.5 Å². The fourth-order valence-corrected chi connectivity index (χ4v) is 14.4. The number of benzene rings is 2. The maximum atomic E-state index is 6.05. The third-order valence-corrected chi connectivity index (χ3v) is 16.0. The summed E-state index contributed by atoms with van der Waals surface area (Å²) in [5.74, 6) is 0. The summed E-state index contributed by atoms with van der Waals surface area (Å²) < 4.78 is 6.05. The van der Waals surface area contributed by atoms with Crippen LogP contribution in [0.2, 0.25) is 31.4 Å². The van der Waals surface area contributed by atoms with E-state index in [1.54, 1.807) is 0 Å². The van der Waals surface area contributed by atoms with Gasteiger partial charge in [0.15, 0.2) is 8.32 Å². The van der Waals surface area contributed by atoms with E-state index in [2.05, 4.69) is 86.9 Å². The third-order valence-electron chi connectivity index (χ3n) is 5.04. The summed E-state index contributed by atoms with van der Waals surface area (Å²) in [6.07, 6.45) is 1.13. The van der Waals surface area contributed by atoms with Gasteiger partial charge < -0.3 is 4.43 Å². The van der Waals surface area contributed by atoms with Crippen molar-refractivity contribution in [3.05, 3.63) is 66.2 Å². The molecule has 0 amide bonds. The lowest BCUT2D eigenvalue weighted by Gasteiger charge is -2.41. The van der Waals surface area contributed by atoms with Crippen molar-refractivity contribution in [3.8, 4) is 0 Å². The first-order valence-corrected chi connectivity index (χ1v) is 14.1. The summed E-state index contributed by atoms with van der Waals surface area (Å²) in [5.41, 5.74) is 1.43. The van der Waals surface area contributed by atoms with Crippen LogP contribution in [0.25, 0.3) is 0 Å². The van der Waals surface area contributed by atoms with Crippen LogP contribution in [0.15, 0.2) is 60.7 Å². The van der Waals surface area contributed by atoms with E-state index in [0.717, 1.165) is 6.42 Å². The van der Waals surface area contributed by atoms with Gasteiger partial charge in [-0.05, 0) is 30.2 Å². The Morgan fingerprint density at radius 3 is 1.82 bits per heavy atom. The highest BCUT2D eigenvalue weighted by Gasteiger charge is 2.45. The smallest absolute Gasteiger partial charge is 0.187 e. The molecule has 0 aromatic heterocycles. The molecule has 1 nitrogen and oxygen atoms in total. The Kier molecular flexibility index (Phi) is 5.43. The summed E-state index contributed by atoms with van der Waals surface area (Å²) in [5, 5.41) is 2.18. The van der Waals surface area contributed by atoms with Crippen molar-refractivity contribution in [1.82, 2.24) is 0 Å². The Morgan fingerprint density at radius 2 is 1.32 bits per heavy atom. The molecule has 1 unspecified atom stereocenters. The zero-order chi connectivity index (χ0) is 16.2. The first-order chi connectivity index (χ1) is 10.4. The van der Waals surface area contributed by atoms with Crippen LogP contribution >= 0.6 is 0 Å². The van der Waals surface area contributed by atoms with Crippen molar-refractivity contribution >= 4 is 21.6 Å². The van der Waals surface area contributed by atoms with Gasteiger partial charge in [-0.2, -0.15) is 0 Å². The van der Waals surface area contributed by atoms with E-state index < -0.39 is 16.4 Å². The van der Waals surface area contributed by atoms with E-state index in [4.69, 9.17) is 4.43 Å². The molecule has 0 saturated carbocycles. The molecule has 0 bridgehead atoms. The molecule has 0 saturated heterocycles. The molecule has 0 aliphatic heterocycles. The SMILES string of the molecule is CO[Si](C)(C)C(Cc1ccccc1)[Si](C)(C)c1ccccc1. The normalized spacial score (nSPS) is 13.9. The van der Waals surface area contributed by atoms with Crippen LogP contribution in [-0.2, 0) is 10.8 Å². The lowest BCUT2D eigenvalue weighted by atomic mass is 10.2. The second-order valence-electron chi connectivity index (χ2n) is 7.14. The van der Waals surface area contributed by atoms with Crippen molar-refractivity contribution < 1.29 is 4.43 Å². The number of hydrogen-bond acceptors (Lipinski definition) is 1. The molecule has 2 rings (SSSR count). The van der Waals surface area contributed by atoms with Crippen molar-refractivity contribution in [2.45, 2.75) is 37.8 Å². The zero-order valence-corrected chi connectivity index (χ0v) is 16.5. The molecule has 0 aliphatic carbocycles. The van der Waals surface area contributed by atoms with Gasteiger partial charge in [-0.1, -0.05) is 78.9 Å². The van der Waals surface area contributed by atoms with Crippen molar-refractivity contribution in [1.29, 1.82) is 0 Å². The molecule has 0 radical (unpaired) electrons. The predicted octanol–water partition coefficient (Wildman–Crippen LogP) is 4.61. The van der Waals surface area contributed by atoms with Gasteiger partial charge in [0.05, 0.1) is 8.07 Å². The lowest BCUT2D eigenvalue weighted by molar-refractivity contribution is 0.398. The zero-order valence-electron chi connectivity index (χ0n) is 14.5. The lowest BCUT2D eigenvalue weighted by Crippen LogP contribution is -2.56. The molecule has 0 spiro atoms. The van der Waals surface area contributed by atoms with E-state index in [1.807, 2.05) is 7.11 Å². The molecule has 0 aliphatic rings. The Hall–Kier alpha value is -1.17. The average molecular weight is 329 g/mol. The molecule has 2 aromatic carbocycles. The molecule has 2 aromatic rings. The van der Waals surface area contributed by atoms with E-state index in [1.165, 1.54) is 10.8 Å². The summed E-state index contributed by atoms with van der Waals surface area (Å²) in [6, 6.07) is 22.0. The maximum Gasteiger partial charge on any atom is 0.187 e. The molecule has 1 atom stereocenters. The number of rotatable bonds is 6. The van der Waals surface area contributed by atoms with E-state index in [-0.39, 0.29) is 0 Å². The quantitative estimate of drug-likeness (QED) is 0.704. The van der Waals surface area contributed by atoms with Gasteiger partial charge >= 0.3 is 0 Å². The first kappa shape index (κ1) is 17.2. The third kappa shape index (κ3) is 3.78. The molecule has 0 fully saturated rings. The molecule has 3 heteroatoms. The Bertz CT molecular complexity index is 579. The second-order valence-corrected chi connectivity index (χ2v) is 16.7. The van der Waals surface area contributed by atoms with Gasteiger partial charge in [-0.3, -0.25) is 0 Å². The minimum absolute atomic E-state index is 0.648. The minimum atomic E-state index is -1.75. The van der Waals surface area contributed by atoms with Gasteiger partial charge in [0.25, 0.3) is 0 Å². The highest BCUT2D eigenvalue weighted by Crippen LogP contribution is 2.35. The molecule has 118 valence electrons. The van der Waals surface area contributed by atoms with Crippen LogP contribution in [0.4, 0.5) is 0 Å². The molecule has 22 heavy (non-hydrogen) atoms. The standard InChI is InChI=1S/C19H28OSi2/c1-20-22(4,5)19(16-17-12-8-6-9-13-17)21(2,3)18-14-10-7-11-15-18/h6-15,19H,16H2,1-5H3. The van der Waals surface area contributed by atoms with Crippen molar-refractivity contribution in [2.75, 3.05) is 7.11 Å². The van der Waals surface area contributed by atoms with Crippen LogP contribution < -0.4 is 5.19 Å². The Labute approximate surface area is 137 Å². The highest BCUT2D eigenvalue weighted by atomic mass is 28.4. The van der Waals surface area contributed by atoms with E-state index >= 15 is 0 Å². The summed E-state index contributed by atoms with van der Waals surface area (Å²) in [7, 11) is -1.45. The Balaban J connectivity index is 2.40. The van der Waals surface area contributed by atoms with Crippen LogP contribution in [0, 0.1) is 0 Å². The number of hydrogen-bond donors (Lipinski definition) is 0.